The fourth-order valence-corrected chi connectivity index (χ4v) is 2.90. The van der Waals surface area contributed by atoms with E-state index in [0.29, 0.717) is 18.5 Å². The summed E-state index contributed by atoms with van der Waals surface area (Å²) in [5.74, 6) is 0.0784. The molecule has 0 heterocycles. The fraction of sp³-hybridized carbons (Fsp3) is 0.278. The normalized spacial score (nSPS) is 10.6. The molecule has 7 heteroatoms. The molecule has 0 radical (unpaired) electrons. The van der Waals surface area contributed by atoms with Gasteiger partial charge in [0.05, 0.1) is 12.7 Å². The number of carbonyl (C=O) groups is 1. The Balaban J connectivity index is 1.97. The molecule has 0 bridgehead atoms. The highest BCUT2D eigenvalue weighted by atomic mass is 127. The molecule has 2 aromatic rings. The Morgan fingerprint density at radius 2 is 2.00 bits per heavy atom. The Labute approximate surface area is 158 Å². The molecule has 0 aliphatic carbocycles. The van der Waals surface area contributed by atoms with E-state index >= 15 is 0 Å². The standard InChI is InChI=1S/C18H18F2INO3/c1-11-4-3-5-13(16(11)21)17(23)22-9-8-12-6-7-14(25-18(19)20)15(10-12)24-2/h3-7,10,18H,8-9H2,1-2H3,(H,22,23). The topological polar surface area (TPSA) is 47.6 Å². The minimum atomic E-state index is -2.91. The van der Waals surface area contributed by atoms with Gasteiger partial charge in [0, 0.05) is 10.1 Å². The lowest BCUT2D eigenvalue weighted by molar-refractivity contribution is -0.0512. The molecule has 25 heavy (non-hydrogen) atoms. The van der Waals surface area contributed by atoms with Crippen LogP contribution in [0.2, 0.25) is 0 Å². The number of carbonyl (C=O) groups excluding carboxylic acids is 1. The number of amides is 1. The van der Waals surface area contributed by atoms with Gasteiger partial charge in [-0.05, 0) is 65.3 Å². The molecule has 0 fully saturated rings. The zero-order valence-corrected chi connectivity index (χ0v) is 16.0. The molecule has 4 nitrogen and oxygen atoms in total. The first kappa shape index (κ1) is 19.4. The van der Waals surface area contributed by atoms with Crippen molar-refractivity contribution in [1.82, 2.24) is 5.32 Å². The van der Waals surface area contributed by atoms with Crippen molar-refractivity contribution in [2.45, 2.75) is 20.0 Å². The van der Waals surface area contributed by atoms with Gasteiger partial charge in [0.15, 0.2) is 11.5 Å². The van der Waals surface area contributed by atoms with Crippen molar-refractivity contribution in [3.63, 3.8) is 0 Å². The minimum Gasteiger partial charge on any atom is -0.493 e. The fourth-order valence-electron chi connectivity index (χ4n) is 2.30. The first-order chi connectivity index (χ1) is 11.9. The number of aryl methyl sites for hydroxylation is 1. The van der Waals surface area contributed by atoms with Crippen molar-refractivity contribution in [2.75, 3.05) is 13.7 Å². The first-order valence-corrected chi connectivity index (χ1v) is 8.65. The number of rotatable bonds is 7. The van der Waals surface area contributed by atoms with Gasteiger partial charge in [0.1, 0.15) is 0 Å². The molecule has 0 aliphatic heterocycles. The van der Waals surface area contributed by atoms with Gasteiger partial charge in [-0.25, -0.2) is 0 Å². The summed E-state index contributed by atoms with van der Waals surface area (Å²) >= 11 is 2.15. The molecule has 0 spiro atoms. The van der Waals surface area contributed by atoms with Gasteiger partial charge >= 0.3 is 6.61 Å². The van der Waals surface area contributed by atoms with Crippen molar-refractivity contribution >= 4 is 28.5 Å². The lowest BCUT2D eigenvalue weighted by Gasteiger charge is -2.12. The van der Waals surface area contributed by atoms with Crippen LogP contribution in [0.15, 0.2) is 36.4 Å². The lowest BCUT2D eigenvalue weighted by Crippen LogP contribution is -2.26. The van der Waals surface area contributed by atoms with Crippen LogP contribution >= 0.6 is 22.6 Å². The van der Waals surface area contributed by atoms with E-state index in [9.17, 15) is 13.6 Å². The number of methoxy groups -OCH3 is 1. The quantitative estimate of drug-likeness (QED) is 0.630. The highest BCUT2D eigenvalue weighted by Gasteiger charge is 2.12. The SMILES string of the molecule is COc1cc(CCNC(=O)c2cccc(C)c2I)ccc1OC(F)F. The average molecular weight is 461 g/mol. The number of hydrogen-bond donors (Lipinski definition) is 1. The van der Waals surface area contributed by atoms with Crippen LogP contribution in [0.5, 0.6) is 11.5 Å². The van der Waals surface area contributed by atoms with Crippen molar-refractivity contribution < 1.29 is 23.0 Å². The molecule has 0 atom stereocenters. The highest BCUT2D eigenvalue weighted by molar-refractivity contribution is 14.1. The molecule has 0 unspecified atom stereocenters. The zero-order valence-electron chi connectivity index (χ0n) is 13.8. The van der Waals surface area contributed by atoms with Gasteiger partial charge < -0.3 is 14.8 Å². The van der Waals surface area contributed by atoms with Gasteiger partial charge in [0.25, 0.3) is 5.91 Å². The van der Waals surface area contributed by atoms with E-state index < -0.39 is 6.61 Å². The predicted octanol–water partition coefficient (Wildman–Crippen LogP) is 4.18. The van der Waals surface area contributed by atoms with Crippen LogP contribution in [-0.4, -0.2) is 26.2 Å². The number of nitrogens with one attached hydrogen (secondary N) is 1. The van der Waals surface area contributed by atoms with E-state index in [0.717, 1.165) is 14.7 Å². The highest BCUT2D eigenvalue weighted by Crippen LogP contribution is 2.29. The van der Waals surface area contributed by atoms with Crippen LogP contribution in [0.25, 0.3) is 0 Å². The van der Waals surface area contributed by atoms with Crippen molar-refractivity contribution in [2.24, 2.45) is 0 Å². The minimum absolute atomic E-state index is 0.0143. The van der Waals surface area contributed by atoms with Crippen molar-refractivity contribution in [1.29, 1.82) is 0 Å². The Bertz CT molecular complexity index is 753. The monoisotopic (exact) mass is 461 g/mol. The Morgan fingerprint density at radius 1 is 1.24 bits per heavy atom. The zero-order chi connectivity index (χ0) is 18.4. The second-order valence-corrected chi connectivity index (χ2v) is 6.38. The number of hydrogen-bond acceptors (Lipinski definition) is 3. The molecular weight excluding hydrogens is 443 g/mol. The van der Waals surface area contributed by atoms with Gasteiger partial charge in [-0.1, -0.05) is 18.2 Å². The van der Waals surface area contributed by atoms with Crippen molar-refractivity contribution in [3.8, 4) is 11.5 Å². The Kier molecular flexibility index (Phi) is 6.98. The summed E-state index contributed by atoms with van der Waals surface area (Å²) in [6, 6.07) is 10.3. The molecule has 134 valence electrons. The number of benzene rings is 2. The molecule has 1 amide bonds. The molecule has 2 aromatic carbocycles. The van der Waals surface area contributed by atoms with E-state index in [1.807, 2.05) is 19.1 Å². The van der Waals surface area contributed by atoms with Gasteiger partial charge in [-0.15, -0.1) is 0 Å². The third kappa shape index (κ3) is 5.29. The third-order valence-electron chi connectivity index (χ3n) is 3.58. The van der Waals surface area contributed by atoms with E-state index in [-0.39, 0.29) is 17.4 Å². The maximum atomic E-state index is 12.3. The molecule has 0 aliphatic rings. The summed E-state index contributed by atoms with van der Waals surface area (Å²) < 4.78 is 35.0. The summed E-state index contributed by atoms with van der Waals surface area (Å²) in [5, 5.41) is 2.86. The lowest BCUT2D eigenvalue weighted by atomic mass is 10.1. The summed E-state index contributed by atoms with van der Waals surface area (Å²) in [6.07, 6.45) is 0.541. The summed E-state index contributed by atoms with van der Waals surface area (Å²) in [7, 11) is 1.39. The molecule has 0 saturated heterocycles. The average Bonchev–Trinajstić information content (AvgIpc) is 2.58. The van der Waals surface area contributed by atoms with E-state index in [1.54, 1.807) is 18.2 Å². The molecule has 0 aromatic heterocycles. The van der Waals surface area contributed by atoms with E-state index in [2.05, 4.69) is 32.6 Å². The third-order valence-corrected chi connectivity index (χ3v) is 5.01. The van der Waals surface area contributed by atoms with Crippen molar-refractivity contribution in [3.05, 3.63) is 56.7 Å². The largest absolute Gasteiger partial charge is 0.493 e. The first-order valence-electron chi connectivity index (χ1n) is 7.57. The number of ether oxygens (including phenoxy) is 2. The second-order valence-electron chi connectivity index (χ2n) is 5.31. The van der Waals surface area contributed by atoms with Crippen LogP contribution in [-0.2, 0) is 6.42 Å². The van der Waals surface area contributed by atoms with Crippen LogP contribution in [0.1, 0.15) is 21.5 Å². The summed E-state index contributed by atoms with van der Waals surface area (Å²) in [4.78, 5) is 12.3. The molecular formula is C18H18F2INO3. The smallest absolute Gasteiger partial charge is 0.387 e. The molecule has 1 N–H and O–H groups in total. The van der Waals surface area contributed by atoms with E-state index in [1.165, 1.54) is 13.2 Å². The second kappa shape index (κ2) is 8.98. The number of halogens is 3. The molecule has 2 rings (SSSR count). The summed E-state index contributed by atoms with van der Waals surface area (Å²) in [6.45, 7) is -0.537. The molecule has 0 saturated carbocycles. The maximum absolute atomic E-state index is 12.3. The Morgan fingerprint density at radius 3 is 2.68 bits per heavy atom. The summed E-state index contributed by atoms with van der Waals surface area (Å²) in [5.41, 5.74) is 2.53. The van der Waals surface area contributed by atoms with Gasteiger partial charge in [0.2, 0.25) is 0 Å². The van der Waals surface area contributed by atoms with Gasteiger partial charge in [-0.3, -0.25) is 4.79 Å². The van der Waals surface area contributed by atoms with Crippen LogP contribution in [0, 0.1) is 10.5 Å². The number of alkyl halides is 2. The van der Waals surface area contributed by atoms with Gasteiger partial charge in [-0.2, -0.15) is 8.78 Å². The Hall–Kier alpha value is -1.90. The van der Waals surface area contributed by atoms with Crippen LogP contribution < -0.4 is 14.8 Å². The van der Waals surface area contributed by atoms with Crippen LogP contribution in [0.3, 0.4) is 0 Å². The van der Waals surface area contributed by atoms with E-state index in [4.69, 9.17) is 4.74 Å². The predicted molar refractivity (Wildman–Crippen MR) is 99.6 cm³/mol. The van der Waals surface area contributed by atoms with Crippen LogP contribution in [0.4, 0.5) is 8.78 Å². The maximum Gasteiger partial charge on any atom is 0.387 e.